The van der Waals surface area contributed by atoms with Crippen LogP contribution in [0.3, 0.4) is 0 Å². The summed E-state index contributed by atoms with van der Waals surface area (Å²) in [5.41, 5.74) is -0.0678. The van der Waals surface area contributed by atoms with Crippen molar-refractivity contribution in [2.75, 3.05) is 47.3 Å². The zero-order valence-corrected chi connectivity index (χ0v) is 56.3. The van der Waals surface area contributed by atoms with Gasteiger partial charge in [-0.05, 0) is 215 Å². The van der Waals surface area contributed by atoms with Gasteiger partial charge in [-0.1, -0.05) is 96.1 Å². The Morgan fingerprint density at radius 3 is 1.29 bits per heavy atom. The molecule has 0 saturated carbocycles. The third kappa shape index (κ3) is 18.3. The Morgan fingerprint density at radius 2 is 0.906 bits per heavy atom. The Bertz CT molecular complexity index is 4540. The second-order valence-electron chi connectivity index (χ2n) is 26.5. The minimum atomic E-state index is -2.91. The number of aliphatic hydroxyl groups is 3. The maximum absolute atomic E-state index is 14.0. The van der Waals surface area contributed by atoms with Crippen LogP contribution in [-0.4, -0.2) is 136 Å². The summed E-state index contributed by atoms with van der Waals surface area (Å²) >= 11 is 0. The van der Waals surface area contributed by atoms with Crippen molar-refractivity contribution in [3.63, 3.8) is 0 Å². The first-order valence-electron chi connectivity index (χ1n) is 39.1. The van der Waals surface area contributed by atoms with E-state index in [1.807, 2.05) is 99.6 Å². The number of carbonyl (C=O) groups is 2. The van der Waals surface area contributed by atoms with Crippen LogP contribution in [0.1, 0.15) is 184 Å². The molecule has 3 aliphatic rings. The number of aromatic amines is 3. The van der Waals surface area contributed by atoms with Crippen LogP contribution in [0.2, 0.25) is 0 Å². The number of hydrogen-bond acceptors (Lipinski definition) is 10. The largest absolute Gasteiger partial charge is 0.481 e. The normalized spacial score (nSPS) is 25.5. The van der Waals surface area contributed by atoms with Gasteiger partial charge in [-0.15, -0.1) is 0 Å². The molecular weight excluding hydrogens is 1220 g/mol. The molecule has 0 unspecified atom stereocenters. The molecule has 18 heteroatoms. The van der Waals surface area contributed by atoms with Gasteiger partial charge < -0.3 is 50.5 Å². The van der Waals surface area contributed by atoms with Crippen molar-refractivity contribution in [3.05, 3.63) is 196 Å². The van der Waals surface area contributed by atoms with Crippen molar-refractivity contribution in [1.82, 2.24) is 45.0 Å². The van der Waals surface area contributed by atoms with Crippen molar-refractivity contribution in [1.29, 1.82) is 0 Å². The minimum Gasteiger partial charge on any atom is -0.481 e. The highest BCUT2D eigenvalue weighted by Crippen LogP contribution is 2.48. The standard InChI is InChI=1S/C26H32FN3O2.C26H34FN3O.C15H19FO3.C11H15N3/c1-17(2)25-20-11-10-19(27)15-18(20)12-13-26(25,32)16-24(31)30(3)14-6-9-23-28-21-7-4-5-8-22(21)29-23;1-18(2)25-21-11-10-20(27)17-19(21)12-13-26(25,31)14-16-30(3)15-6-9-24-28-22-7-4-5-8-23(22)29-24;1-9(2)14-12-4-3-11(16)7-10(12)5-6-15(14,19)8-13(17)18;1-12-8-4-7-11-13-9-5-2-3-6-10(9)14-11/h4-5,7-8,10-11,15,17,25,32H,6,9,12-14,16H2,1-3H3,(H,28,29);4-5,7-8,10-11,17-18,25,31H,6,9,12-16H2,1-3H3,(H,28,29);3-4,7,9,14,19H,5-6,8H2,1-2H3,(H,17,18);2-3,5-6,12H,4,7-8H2,1H3,(H,13,14)/t2*25-,26-;14-,15-;/m000./s1/i2*12D2,13D2;5D2,6D2;. The summed E-state index contributed by atoms with van der Waals surface area (Å²) in [5, 5.41) is 46.9. The lowest BCUT2D eigenvalue weighted by Gasteiger charge is -2.44. The van der Waals surface area contributed by atoms with Gasteiger partial charge in [0.2, 0.25) is 5.91 Å². The Balaban J connectivity index is 0.000000174. The van der Waals surface area contributed by atoms with Crippen LogP contribution < -0.4 is 5.32 Å². The Morgan fingerprint density at radius 1 is 0.542 bits per heavy atom. The molecule has 0 bridgehead atoms. The number of halogens is 3. The smallest absolute Gasteiger partial charge is 0.306 e. The lowest BCUT2D eigenvalue weighted by molar-refractivity contribution is -0.145. The predicted molar refractivity (Wildman–Crippen MR) is 376 cm³/mol. The van der Waals surface area contributed by atoms with E-state index in [-0.39, 0.29) is 46.4 Å². The van der Waals surface area contributed by atoms with E-state index in [0.717, 1.165) is 114 Å². The molecule has 0 spiro atoms. The third-order valence-electron chi connectivity index (χ3n) is 18.0. The second-order valence-corrected chi connectivity index (χ2v) is 26.5. The molecule has 0 saturated heterocycles. The molecule has 3 aliphatic carbocycles. The maximum atomic E-state index is 14.0. The van der Waals surface area contributed by atoms with E-state index < -0.39 is 115 Å². The van der Waals surface area contributed by atoms with Gasteiger partial charge in [-0.2, -0.15) is 0 Å². The number of nitrogens with zero attached hydrogens (tertiary/aromatic N) is 5. The number of carboxylic acid groups (broad SMARTS) is 1. The number of amides is 1. The van der Waals surface area contributed by atoms with Crippen molar-refractivity contribution in [2.24, 2.45) is 17.8 Å². The molecule has 514 valence electrons. The SMILES string of the molecule is CNCCCc1nc2ccccc2[nH]1.[2H]C1([2H])c2cc(F)ccc2[C@H](C(C)C)[C@@](O)(CC(=O)N(C)CCCc2nc3ccccc3[nH]2)C1([2H])[2H].[2H]C1([2H])c2cc(F)ccc2[C@H](C(C)C)[C@@](O)(CC(=O)O)C1([2H])[2H].[2H]C1([2H])c2cc(F)ccc2[C@H](C(C)C)[C@@](O)(CCN(C)CCCc2nc3ccccc3[nH]2)C1([2H])[2H]. The molecule has 8 N–H and O–H groups in total. The average molecular weight is 1330 g/mol. The Kier molecular flexibility index (Phi) is 19.4. The van der Waals surface area contributed by atoms with Gasteiger partial charge in [0.15, 0.2) is 0 Å². The van der Waals surface area contributed by atoms with Crippen LogP contribution in [0.15, 0.2) is 127 Å². The number of rotatable bonds is 22. The topological polar surface area (TPSA) is 220 Å². The quantitative estimate of drug-likeness (QED) is 0.0298. The monoisotopic (exact) mass is 1330 g/mol. The van der Waals surface area contributed by atoms with Gasteiger partial charge in [0.1, 0.15) is 34.9 Å². The highest BCUT2D eigenvalue weighted by atomic mass is 19.1. The Labute approximate surface area is 580 Å². The number of nitrogens with one attached hydrogen (secondary N) is 4. The number of carboxylic acids is 1. The number of aryl methyl sites for hydroxylation is 6. The summed E-state index contributed by atoms with van der Waals surface area (Å²) in [6, 6.07) is 34.4. The van der Waals surface area contributed by atoms with Gasteiger partial charge in [0.25, 0.3) is 0 Å². The molecule has 0 aliphatic heterocycles. The van der Waals surface area contributed by atoms with Crippen molar-refractivity contribution in [2.45, 2.75) is 172 Å². The highest BCUT2D eigenvalue weighted by Gasteiger charge is 2.47. The van der Waals surface area contributed by atoms with E-state index in [0.29, 0.717) is 37.1 Å². The summed E-state index contributed by atoms with van der Waals surface area (Å²) in [4.78, 5) is 51.4. The predicted octanol–water partition coefficient (Wildman–Crippen LogP) is 14.1. The molecule has 0 radical (unpaired) electrons. The summed E-state index contributed by atoms with van der Waals surface area (Å²) < 4.78 is 143. The molecule has 3 heterocycles. The van der Waals surface area contributed by atoms with Crippen LogP contribution >= 0.6 is 0 Å². The van der Waals surface area contributed by atoms with Crippen LogP contribution in [0.25, 0.3) is 33.1 Å². The summed E-state index contributed by atoms with van der Waals surface area (Å²) in [5.74, 6) is -4.55. The minimum absolute atomic E-state index is 0.00920. The van der Waals surface area contributed by atoms with Gasteiger partial charge >= 0.3 is 5.97 Å². The number of aliphatic carboxylic acids is 1. The fourth-order valence-corrected chi connectivity index (χ4v) is 13.5. The molecule has 12 rings (SSSR count). The van der Waals surface area contributed by atoms with E-state index >= 15 is 0 Å². The molecule has 6 atom stereocenters. The first kappa shape index (κ1) is 57.3. The van der Waals surface area contributed by atoms with Gasteiger partial charge in [-0.25, -0.2) is 28.1 Å². The number of benzene rings is 6. The number of fused-ring (bicyclic) bond motifs is 6. The van der Waals surface area contributed by atoms with Crippen molar-refractivity contribution >= 4 is 45.0 Å². The summed E-state index contributed by atoms with van der Waals surface area (Å²) in [6.07, 6.45) is -12.9. The zero-order chi connectivity index (χ0) is 79.7. The highest BCUT2D eigenvalue weighted by molar-refractivity contribution is 5.78. The van der Waals surface area contributed by atoms with Crippen molar-refractivity contribution in [3.8, 4) is 0 Å². The lowest BCUT2D eigenvalue weighted by atomic mass is 9.66. The lowest BCUT2D eigenvalue weighted by Crippen LogP contribution is -2.47. The van der Waals surface area contributed by atoms with Gasteiger partial charge in [0, 0.05) is 73.6 Å². The Hall–Kier alpha value is -7.74. The number of carbonyl (C=O) groups excluding carboxylic acids is 1. The third-order valence-corrected chi connectivity index (χ3v) is 18.0. The molecule has 1 amide bonds. The molecule has 6 aromatic carbocycles. The molecular formula is C78H100F3N9O6. The molecule has 3 aromatic heterocycles. The van der Waals surface area contributed by atoms with Gasteiger partial charge in [-0.3, -0.25) is 9.59 Å². The molecule has 9 aromatic rings. The van der Waals surface area contributed by atoms with Crippen LogP contribution in [0, 0.1) is 35.2 Å². The number of H-pyrrole nitrogens is 3. The fourth-order valence-electron chi connectivity index (χ4n) is 13.5. The van der Waals surface area contributed by atoms with E-state index in [1.165, 1.54) is 35.2 Å². The fraction of sp³-hybridized carbons (Fsp3) is 0.474. The molecule has 0 fully saturated rings. The molecule has 15 nitrogen and oxygen atoms in total. The number of hydrogen-bond donors (Lipinski definition) is 8. The van der Waals surface area contributed by atoms with Crippen LogP contribution in [-0.2, 0) is 48.0 Å². The maximum Gasteiger partial charge on any atom is 0.306 e. The van der Waals surface area contributed by atoms with Crippen LogP contribution in [0.4, 0.5) is 13.2 Å². The van der Waals surface area contributed by atoms with Crippen LogP contribution in [0.5, 0.6) is 0 Å². The zero-order valence-electron chi connectivity index (χ0n) is 68.3. The first-order chi connectivity index (χ1) is 50.4. The van der Waals surface area contributed by atoms with Gasteiger partial charge in [0.05, 0.1) is 62.7 Å². The average Bonchev–Trinajstić information content (AvgIpc) is 0.924. The number of imidazole rings is 3. The van der Waals surface area contributed by atoms with E-state index in [1.54, 1.807) is 34.7 Å². The number of para-hydroxylation sites is 6. The van der Waals surface area contributed by atoms with Crippen molar-refractivity contribution < 1.29 is 59.6 Å². The van der Waals surface area contributed by atoms with E-state index in [2.05, 4.69) is 41.3 Å². The molecule has 96 heavy (non-hydrogen) atoms. The van der Waals surface area contributed by atoms with E-state index in [4.69, 9.17) is 21.6 Å². The van der Waals surface area contributed by atoms with E-state index in [9.17, 15) is 38.1 Å². The summed E-state index contributed by atoms with van der Waals surface area (Å²) in [7, 11) is 5.48. The first-order valence-corrected chi connectivity index (χ1v) is 33.1. The second kappa shape index (κ2) is 32.5. The summed E-state index contributed by atoms with van der Waals surface area (Å²) in [6.45, 7) is 13.2. The number of aromatic nitrogens is 6.